The second kappa shape index (κ2) is 8.54. The Morgan fingerprint density at radius 2 is 1.94 bits per heavy atom. The molecule has 4 nitrogen and oxygen atoms in total. The number of aromatic nitrogens is 1. The number of hydrogen-bond donors (Lipinski definition) is 1. The van der Waals surface area contributed by atoms with Crippen molar-refractivity contribution >= 4 is 50.7 Å². The molecule has 1 unspecified atom stereocenters. The Kier molecular flexibility index (Phi) is 5.98. The number of thioether (sulfide) groups is 1. The van der Waals surface area contributed by atoms with E-state index in [1.54, 1.807) is 39.2 Å². The summed E-state index contributed by atoms with van der Waals surface area (Å²) in [5.41, 5.74) is 3.75. The van der Waals surface area contributed by atoms with Crippen LogP contribution in [0.15, 0.2) is 51.6 Å². The van der Waals surface area contributed by atoms with Crippen LogP contribution in [0.2, 0.25) is 0 Å². The fourth-order valence-corrected chi connectivity index (χ4v) is 7.40. The molecule has 0 amide bonds. The summed E-state index contributed by atoms with van der Waals surface area (Å²) in [7, 11) is -3.36. The monoisotopic (exact) mass is 465 g/mol. The highest BCUT2D eigenvalue weighted by Crippen LogP contribution is 2.41. The summed E-state index contributed by atoms with van der Waals surface area (Å²) in [5.74, 6) is 0.857. The molecule has 1 aliphatic rings. The van der Waals surface area contributed by atoms with Gasteiger partial charge in [-0.05, 0) is 56.3 Å². The smallest absolute Gasteiger partial charge is 0.163 e. The SMILES string of the molecule is C/C=c1/c(C2=C(C#N)SCC2)c(-c2cccs2)n(S(=N)(=O)c2ccc(C)cc2)/c1=C/C. The van der Waals surface area contributed by atoms with E-state index in [0.717, 1.165) is 50.0 Å². The predicted octanol–water partition coefficient (Wildman–Crippen LogP) is 5.37. The van der Waals surface area contributed by atoms with Crippen molar-refractivity contribution in [2.75, 3.05) is 5.75 Å². The highest BCUT2D eigenvalue weighted by Gasteiger charge is 2.29. The predicted molar refractivity (Wildman–Crippen MR) is 133 cm³/mol. The molecule has 0 radical (unpaired) electrons. The summed E-state index contributed by atoms with van der Waals surface area (Å²) in [4.78, 5) is 2.13. The molecule has 0 spiro atoms. The van der Waals surface area contributed by atoms with Gasteiger partial charge in [0.2, 0.25) is 0 Å². The molecule has 1 aliphatic heterocycles. The molecular formula is C24H23N3OS3. The van der Waals surface area contributed by atoms with Crippen molar-refractivity contribution in [3.05, 3.63) is 68.4 Å². The van der Waals surface area contributed by atoms with Gasteiger partial charge in [0.05, 0.1) is 25.7 Å². The van der Waals surface area contributed by atoms with Gasteiger partial charge >= 0.3 is 0 Å². The zero-order chi connectivity index (χ0) is 22.2. The number of allylic oxidation sites excluding steroid dienone is 2. The van der Waals surface area contributed by atoms with Crippen LogP contribution in [0.25, 0.3) is 28.3 Å². The van der Waals surface area contributed by atoms with Crippen LogP contribution in [0.3, 0.4) is 0 Å². The van der Waals surface area contributed by atoms with Gasteiger partial charge in [-0.15, -0.1) is 23.1 Å². The van der Waals surface area contributed by atoms with Crippen LogP contribution >= 0.6 is 23.1 Å². The maximum absolute atomic E-state index is 14.2. The zero-order valence-electron chi connectivity index (χ0n) is 17.6. The van der Waals surface area contributed by atoms with Crippen molar-refractivity contribution in [1.82, 2.24) is 3.97 Å². The number of rotatable bonds is 4. The summed E-state index contributed by atoms with van der Waals surface area (Å²) >= 11 is 3.13. The number of aryl methyl sites for hydroxylation is 1. The minimum atomic E-state index is -3.36. The van der Waals surface area contributed by atoms with E-state index >= 15 is 0 Å². The molecule has 7 heteroatoms. The van der Waals surface area contributed by atoms with Crippen LogP contribution in [0.1, 0.15) is 31.4 Å². The lowest BCUT2D eigenvalue weighted by Crippen LogP contribution is -2.33. The first-order valence-corrected chi connectivity index (χ1v) is 13.4. The summed E-state index contributed by atoms with van der Waals surface area (Å²) in [6.07, 6.45) is 4.71. The molecule has 1 atom stereocenters. The summed E-state index contributed by atoms with van der Waals surface area (Å²) in [5, 5.41) is 13.4. The van der Waals surface area contributed by atoms with E-state index in [1.165, 1.54) is 0 Å². The molecular weight excluding hydrogens is 442 g/mol. The third-order valence-electron chi connectivity index (χ3n) is 5.39. The van der Waals surface area contributed by atoms with Gasteiger partial charge in [0.15, 0.2) is 9.92 Å². The van der Waals surface area contributed by atoms with Crippen LogP contribution in [-0.2, 0) is 9.92 Å². The van der Waals surface area contributed by atoms with Crippen LogP contribution in [-0.4, -0.2) is 13.9 Å². The second-order valence-corrected chi connectivity index (χ2v) is 11.2. The van der Waals surface area contributed by atoms with E-state index in [1.807, 2.05) is 62.6 Å². The molecule has 4 rings (SSSR count). The Morgan fingerprint density at radius 1 is 1.19 bits per heavy atom. The van der Waals surface area contributed by atoms with E-state index in [4.69, 9.17) is 4.78 Å². The van der Waals surface area contributed by atoms with E-state index in [2.05, 4.69) is 6.07 Å². The van der Waals surface area contributed by atoms with Crippen LogP contribution in [0, 0.1) is 23.0 Å². The molecule has 3 aromatic rings. The topological polar surface area (TPSA) is 69.6 Å². The Bertz CT molecular complexity index is 1430. The Balaban J connectivity index is 2.20. The summed E-state index contributed by atoms with van der Waals surface area (Å²) < 4.78 is 24.9. The van der Waals surface area contributed by atoms with Crippen molar-refractivity contribution < 1.29 is 4.21 Å². The first-order valence-electron chi connectivity index (χ1n) is 9.97. The summed E-state index contributed by atoms with van der Waals surface area (Å²) in [6.45, 7) is 5.85. The van der Waals surface area contributed by atoms with Gasteiger partial charge in [-0.25, -0.2) is 13.0 Å². The van der Waals surface area contributed by atoms with E-state index in [9.17, 15) is 9.47 Å². The van der Waals surface area contributed by atoms with Gasteiger partial charge in [-0.1, -0.05) is 35.9 Å². The Hall–Kier alpha value is -2.53. The van der Waals surface area contributed by atoms with E-state index in [-0.39, 0.29) is 0 Å². The number of thiophene rings is 1. The van der Waals surface area contributed by atoms with Gasteiger partial charge in [0.25, 0.3) is 0 Å². The Morgan fingerprint density at radius 3 is 2.52 bits per heavy atom. The molecule has 2 aromatic heterocycles. The lowest BCUT2D eigenvalue weighted by Gasteiger charge is -2.15. The average molecular weight is 466 g/mol. The average Bonchev–Trinajstić information content (AvgIpc) is 3.50. The molecule has 158 valence electrons. The molecule has 31 heavy (non-hydrogen) atoms. The van der Waals surface area contributed by atoms with Crippen molar-refractivity contribution in [3.8, 4) is 16.6 Å². The molecule has 3 heterocycles. The van der Waals surface area contributed by atoms with Crippen molar-refractivity contribution in [2.24, 2.45) is 0 Å². The highest BCUT2D eigenvalue weighted by molar-refractivity contribution is 8.03. The van der Waals surface area contributed by atoms with Crippen molar-refractivity contribution in [3.63, 3.8) is 0 Å². The highest BCUT2D eigenvalue weighted by atomic mass is 32.2. The normalized spacial score (nSPS) is 17.2. The number of benzene rings is 1. The molecule has 0 fully saturated rings. The van der Waals surface area contributed by atoms with Crippen LogP contribution < -0.4 is 10.6 Å². The molecule has 0 saturated carbocycles. The molecule has 0 aliphatic carbocycles. The number of hydrogen-bond acceptors (Lipinski definition) is 5. The van der Waals surface area contributed by atoms with Gasteiger partial charge in [-0.3, -0.25) is 0 Å². The molecule has 1 N–H and O–H groups in total. The summed E-state index contributed by atoms with van der Waals surface area (Å²) in [6, 6.07) is 13.7. The Labute approximate surface area is 191 Å². The van der Waals surface area contributed by atoms with Crippen molar-refractivity contribution in [2.45, 2.75) is 32.1 Å². The number of nitrogens with zero attached hydrogens (tertiary/aromatic N) is 2. The third-order valence-corrected chi connectivity index (χ3v) is 9.11. The van der Waals surface area contributed by atoms with Gasteiger partial charge in [0, 0.05) is 16.5 Å². The lowest BCUT2D eigenvalue weighted by atomic mass is 10.0. The maximum Gasteiger partial charge on any atom is 0.163 e. The molecule has 0 bridgehead atoms. The zero-order valence-corrected chi connectivity index (χ0v) is 20.1. The molecule has 1 aromatic carbocycles. The van der Waals surface area contributed by atoms with Gasteiger partial charge in [-0.2, -0.15) is 5.26 Å². The molecule has 0 saturated heterocycles. The van der Waals surface area contributed by atoms with Crippen LogP contribution in [0.5, 0.6) is 0 Å². The fraction of sp³-hybridized carbons (Fsp3) is 0.208. The minimum Gasteiger partial charge on any atom is -0.248 e. The van der Waals surface area contributed by atoms with Crippen molar-refractivity contribution in [1.29, 1.82) is 10.0 Å². The van der Waals surface area contributed by atoms with Gasteiger partial charge < -0.3 is 0 Å². The third kappa shape index (κ3) is 3.59. The first kappa shape index (κ1) is 21.7. The van der Waals surface area contributed by atoms with E-state index in [0.29, 0.717) is 9.80 Å². The maximum atomic E-state index is 14.2. The lowest BCUT2D eigenvalue weighted by molar-refractivity contribution is 0.667. The second-order valence-electron chi connectivity index (χ2n) is 7.23. The number of nitriles is 1. The van der Waals surface area contributed by atoms with E-state index < -0.39 is 9.92 Å². The fourth-order valence-electron chi connectivity index (χ4n) is 3.98. The number of nitrogens with one attached hydrogen (secondary N) is 1. The van der Waals surface area contributed by atoms with Gasteiger partial charge in [0.1, 0.15) is 6.07 Å². The standard InChI is InChI=1S/C24H23N3OS3/c1-4-18-20(5-2)27(31(26,28)17-10-8-16(3)9-11-17)24(21-7-6-13-29-21)23(18)19-12-14-30-22(19)15-25/h4-11,13,26H,12,14H2,1-3H3/b18-4+,20-5+. The minimum absolute atomic E-state index is 0.471. The quantitative estimate of drug-likeness (QED) is 0.563. The van der Waals surface area contributed by atoms with Crippen LogP contribution in [0.4, 0.5) is 0 Å². The largest absolute Gasteiger partial charge is 0.248 e. The first-order chi connectivity index (χ1) is 14.9.